The van der Waals surface area contributed by atoms with Gasteiger partial charge in [-0.05, 0) is 47.9 Å². The van der Waals surface area contributed by atoms with Crippen molar-refractivity contribution in [2.45, 2.75) is 12.5 Å². The second-order valence-corrected chi connectivity index (χ2v) is 5.19. The summed E-state index contributed by atoms with van der Waals surface area (Å²) in [5.74, 6) is 0.793. The third kappa shape index (κ3) is 3.63. The molecule has 2 rings (SSSR count). The van der Waals surface area contributed by atoms with Gasteiger partial charge >= 0.3 is 0 Å². The first-order valence-corrected chi connectivity index (χ1v) is 6.69. The van der Waals surface area contributed by atoms with Crippen LogP contribution in [0.3, 0.4) is 0 Å². The average Bonchev–Trinajstić information content (AvgIpc) is 2.39. The van der Waals surface area contributed by atoms with Crippen LogP contribution in [0, 0.1) is 0 Å². The molecule has 1 atom stereocenters. The summed E-state index contributed by atoms with van der Waals surface area (Å²) >= 11 is 12.0. The molecule has 0 heterocycles. The van der Waals surface area contributed by atoms with Crippen LogP contribution in [0.25, 0.3) is 0 Å². The highest BCUT2D eigenvalue weighted by molar-refractivity contribution is 6.30. The van der Waals surface area contributed by atoms with Gasteiger partial charge in [0, 0.05) is 16.1 Å². The quantitative estimate of drug-likeness (QED) is 0.915. The normalized spacial score (nSPS) is 12.2. The Morgan fingerprint density at radius 3 is 2.53 bits per heavy atom. The minimum atomic E-state index is -0.147. The van der Waals surface area contributed by atoms with Crippen molar-refractivity contribution in [2.24, 2.45) is 5.73 Å². The van der Waals surface area contributed by atoms with Crippen molar-refractivity contribution in [3.8, 4) is 5.75 Å². The lowest BCUT2D eigenvalue weighted by Gasteiger charge is -2.15. The lowest BCUT2D eigenvalue weighted by Crippen LogP contribution is -2.13. The molecule has 0 spiro atoms. The highest BCUT2D eigenvalue weighted by Gasteiger charge is 2.11. The van der Waals surface area contributed by atoms with E-state index in [9.17, 15) is 0 Å². The predicted molar refractivity (Wildman–Crippen MR) is 80.1 cm³/mol. The van der Waals surface area contributed by atoms with Gasteiger partial charge in [-0.25, -0.2) is 0 Å². The van der Waals surface area contributed by atoms with Crippen molar-refractivity contribution in [1.29, 1.82) is 0 Å². The Morgan fingerprint density at radius 2 is 1.84 bits per heavy atom. The molecule has 0 aliphatic carbocycles. The van der Waals surface area contributed by atoms with E-state index in [0.29, 0.717) is 16.5 Å². The molecular formula is C15H15Cl2NO. The van der Waals surface area contributed by atoms with E-state index in [0.717, 1.165) is 16.9 Å². The first kappa shape index (κ1) is 14.2. The number of nitrogens with two attached hydrogens (primary N) is 1. The van der Waals surface area contributed by atoms with Crippen molar-refractivity contribution in [3.63, 3.8) is 0 Å². The van der Waals surface area contributed by atoms with Gasteiger partial charge < -0.3 is 10.5 Å². The molecule has 0 radical (unpaired) electrons. The van der Waals surface area contributed by atoms with Crippen LogP contribution in [0.1, 0.15) is 17.2 Å². The Hall–Kier alpha value is -1.22. The van der Waals surface area contributed by atoms with Crippen molar-refractivity contribution in [2.75, 3.05) is 7.11 Å². The molecule has 1 unspecified atom stereocenters. The molecule has 0 fully saturated rings. The molecular weight excluding hydrogens is 281 g/mol. The monoisotopic (exact) mass is 295 g/mol. The highest BCUT2D eigenvalue weighted by atomic mass is 35.5. The third-order valence-corrected chi connectivity index (χ3v) is 3.43. The average molecular weight is 296 g/mol. The number of benzene rings is 2. The maximum absolute atomic E-state index is 6.21. The van der Waals surface area contributed by atoms with Crippen LogP contribution in [0.2, 0.25) is 10.0 Å². The van der Waals surface area contributed by atoms with Crippen LogP contribution in [0.15, 0.2) is 42.5 Å². The number of hydrogen-bond donors (Lipinski definition) is 1. The van der Waals surface area contributed by atoms with Crippen molar-refractivity contribution < 1.29 is 4.74 Å². The van der Waals surface area contributed by atoms with E-state index in [1.807, 2.05) is 36.4 Å². The molecule has 2 aromatic carbocycles. The van der Waals surface area contributed by atoms with Gasteiger partial charge in [0.25, 0.3) is 0 Å². The lowest BCUT2D eigenvalue weighted by molar-refractivity contribution is 0.408. The highest BCUT2D eigenvalue weighted by Crippen LogP contribution is 2.27. The summed E-state index contributed by atoms with van der Waals surface area (Å²) < 4.78 is 5.32. The molecule has 4 heteroatoms. The smallest absolute Gasteiger partial charge is 0.122 e. The predicted octanol–water partition coefficient (Wildman–Crippen LogP) is 4.24. The van der Waals surface area contributed by atoms with Gasteiger partial charge in [-0.15, -0.1) is 0 Å². The topological polar surface area (TPSA) is 35.2 Å². The summed E-state index contributed by atoms with van der Waals surface area (Å²) in [4.78, 5) is 0. The number of hydrogen-bond acceptors (Lipinski definition) is 2. The fourth-order valence-electron chi connectivity index (χ4n) is 2.00. The largest absolute Gasteiger partial charge is 0.496 e. The molecule has 0 amide bonds. The molecule has 2 aromatic rings. The summed E-state index contributed by atoms with van der Waals surface area (Å²) in [7, 11) is 1.64. The van der Waals surface area contributed by atoms with Crippen LogP contribution >= 0.6 is 23.2 Å². The van der Waals surface area contributed by atoms with Crippen LogP contribution in [-0.4, -0.2) is 7.11 Å². The SMILES string of the molecule is COc1ccc(Cl)cc1CC(N)c1cccc(Cl)c1. The van der Waals surface area contributed by atoms with E-state index in [-0.39, 0.29) is 6.04 Å². The Morgan fingerprint density at radius 1 is 1.11 bits per heavy atom. The Kier molecular flexibility index (Phi) is 4.70. The van der Waals surface area contributed by atoms with E-state index in [1.54, 1.807) is 13.2 Å². The number of rotatable bonds is 4. The second kappa shape index (κ2) is 6.29. The zero-order valence-corrected chi connectivity index (χ0v) is 12.1. The Labute approximate surface area is 123 Å². The minimum absolute atomic E-state index is 0.147. The van der Waals surface area contributed by atoms with Gasteiger partial charge in [-0.2, -0.15) is 0 Å². The molecule has 2 N–H and O–H groups in total. The molecule has 0 saturated carbocycles. The van der Waals surface area contributed by atoms with Crippen molar-refractivity contribution in [1.82, 2.24) is 0 Å². The molecule has 19 heavy (non-hydrogen) atoms. The fraction of sp³-hybridized carbons (Fsp3) is 0.200. The van der Waals surface area contributed by atoms with Gasteiger partial charge in [0.05, 0.1) is 7.11 Å². The van der Waals surface area contributed by atoms with Gasteiger partial charge in [0.2, 0.25) is 0 Å². The van der Waals surface area contributed by atoms with Crippen molar-refractivity contribution in [3.05, 3.63) is 63.6 Å². The minimum Gasteiger partial charge on any atom is -0.496 e. The maximum atomic E-state index is 6.21. The summed E-state index contributed by atoms with van der Waals surface area (Å²) in [6.45, 7) is 0. The van der Waals surface area contributed by atoms with Crippen LogP contribution in [0.4, 0.5) is 0 Å². The second-order valence-electron chi connectivity index (χ2n) is 4.32. The van der Waals surface area contributed by atoms with Gasteiger partial charge in [-0.3, -0.25) is 0 Å². The number of halogens is 2. The first-order chi connectivity index (χ1) is 9.10. The zero-order valence-electron chi connectivity index (χ0n) is 10.6. The number of methoxy groups -OCH3 is 1. The molecule has 0 bridgehead atoms. The molecule has 0 aliphatic heterocycles. The molecule has 100 valence electrons. The number of ether oxygens (including phenoxy) is 1. The standard InChI is InChI=1S/C15H15Cl2NO/c1-19-15-6-5-13(17)8-11(15)9-14(18)10-3-2-4-12(16)7-10/h2-8,14H,9,18H2,1H3. The summed E-state index contributed by atoms with van der Waals surface area (Å²) in [6.07, 6.45) is 0.643. The zero-order chi connectivity index (χ0) is 13.8. The van der Waals surface area contributed by atoms with E-state index in [4.69, 9.17) is 33.7 Å². The van der Waals surface area contributed by atoms with E-state index < -0.39 is 0 Å². The van der Waals surface area contributed by atoms with Crippen LogP contribution in [0.5, 0.6) is 5.75 Å². The molecule has 0 aliphatic rings. The summed E-state index contributed by atoms with van der Waals surface area (Å²) in [6, 6.07) is 13.0. The van der Waals surface area contributed by atoms with Gasteiger partial charge in [-0.1, -0.05) is 35.3 Å². The van der Waals surface area contributed by atoms with Gasteiger partial charge in [0.1, 0.15) is 5.75 Å². The van der Waals surface area contributed by atoms with E-state index >= 15 is 0 Å². The van der Waals surface area contributed by atoms with Crippen LogP contribution in [-0.2, 0) is 6.42 Å². The Balaban J connectivity index is 2.23. The maximum Gasteiger partial charge on any atom is 0.122 e. The van der Waals surface area contributed by atoms with E-state index in [1.165, 1.54) is 0 Å². The van der Waals surface area contributed by atoms with Crippen LogP contribution < -0.4 is 10.5 Å². The van der Waals surface area contributed by atoms with E-state index in [2.05, 4.69) is 0 Å². The fourth-order valence-corrected chi connectivity index (χ4v) is 2.39. The summed E-state index contributed by atoms with van der Waals surface area (Å²) in [5.41, 5.74) is 8.20. The lowest BCUT2D eigenvalue weighted by atomic mass is 9.99. The molecule has 0 aromatic heterocycles. The van der Waals surface area contributed by atoms with Gasteiger partial charge in [0.15, 0.2) is 0 Å². The first-order valence-electron chi connectivity index (χ1n) is 5.93. The summed E-state index contributed by atoms with van der Waals surface area (Å²) in [5, 5.41) is 1.36. The van der Waals surface area contributed by atoms with Crippen molar-refractivity contribution >= 4 is 23.2 Å². The molecule has 2 nitrogen and oxygen atoms in total. The third-order valence-electron chi connectivity index (χ3n) is 2.96. The molecule has 0 saturated heterocycles. The Bertz CT molecular complexity index is 572.